The van der Waals surface area contributed by atoms with E-state index >= 15 is 0 Å². The number of rotatable bonds is 1. The Balaban J connectivity index is 1.97. The van der Waals surface area contributed by atoms with E-state index in [0.717, 1.165) is 33.0 Å². The zero-order chi connectivity index (χ0) is 12.8. The van der Waals surface area contributed by atoms with Crippen molar-refractivity contribution < 1.29 is 8.81 Å². The summed E-state index contributed by atoms with van der Waals surface area (Å²) in [5.74, 6) is -0.234. The van der Waals surface area contributed by atoms with Crippen LogP contribution in [0.25, 0.3) is 33.0 Å². The van der Waals surface area contributed by atoms with Crippen LogP contribution in [0, 0.1) is 5.82 Å². The number of benzene rings is 2. The second kappa shape index (κ2) is 3.72. The molecule has 0 aliphatic carbocycles. The number of hydrogen-bond acceptors (Lipinski definition) is 1. The average molecular weight is 251 g/mol. The van der Waals surface area contributed by atoms with Gasteiger partial charge < -0.3 is 9.40 Å². The van der Waals surface area contributed by atoms with Gasteiger partial charge in [-0.05, 0) is 35.9 Å². The number of aromatic amines is 1. The topological polar surface area (TPSA) is 28.9 Å². The first-order valence-corrected chi connectivity index (χ1v) is 6.05. The molecule has 0 amide bonds. The molecule has 2 nitrogen and oxygen atoms in total. The number of halogens is 1. The van der Waals surface area contributed by atoms with Crippen LogP contribution in [0.1, 0.15) is 0 Å². The summed E-state index contributed by atoms with van der Waals surface area (Å²) in [6.45, 7) is 0. The molecule has 0 fully saturated rings. The van der Waals surface area contributed by atoms with Gasteiger partial charge in [-0.2, -0.15) is 0 Å². The molecule has 2 aromatic heterocycles. The lowest BCUT2D eigenvalue weighted by atomic mass is 10.0. The Hall–Kier alpha value is -2.55. The molecule has 3 heteroatoms. The van der Waals surface area contributed by atoms with Crippen LogP contribution in [0.15, 0.2) is 59.3 Å². The number of furan rings is 1. The molecule has 0 spiro atoms. The second-order valence-electron chi connectivity index (χ2n) is 4.57. The Morgan fingerprint density at radius 3 is 2.89 bits per heavy atom. The smallest absolute Gasteiger partial charge is 0.134 e. The van der Waals surface area contributed by atoms with E-state index in [1.165, 1.54) is 12.1 Å². The van der Waals surface area contributed by atoms with Crippen molar-refractivity contribution in [1.82, 2.24) is 4.98 Å². The average Bonchev–Trinajstić information content (AvgIpc) is 3.02. The van der Waals surface area contributed by atoms with Gasteiger partial charge in [-0.3, -0.25) is 0 Å². The molecule has 19 heavy (non-hydrogen) atoms. The van der Waals surface area contributed by atoms with Crippen LogP contribution in [0.5, 0.6) is 0 Å². The van der Waals surface area contributed by atoms with E-state index in [1.807, 2.05) is 30.5 Å². The number of fused-ring (bicyclic) bond motifs is 2. The Morgan fingerprint density at radius 1 is 1.00 bits per heavy atom. The maximum absolute atomic E-state index is 13.2. The SMILES string of the molecule is Fc1ccc2c(-c3ccc4ccoc4c3)c[nH]c2c1. The molecule has 0 bridgehead atoms. The minimum absolute atomic E-state index is 0.234. The third-order valence-corrected chi connectivity index (χ3v) is 3.41. The van der Waals surface area contributed by atoms with E-state index in [9.17, 15) is 4.39 Å². The van der Waals surface area contributed by atoms with Gasteiger partial charge in [0.15, 0.2) is 0 Å². The highest BCUT2D eigenvalue weighted by Crippen LogP contribution is 2.31. The molecule has 0 unspecified atom stereocenters. The van der Waals surface area contributed by atoms with E-state index in [-0.39, 0.29) is 5.82 Å². The molecule has 4 aromatic rings. The molecule has 0 saturated carbocycles. The van der Waals surface area contributed by atoms with Crippen LogP contribution in [0.4, 0.5) is 4.39 Å². The molecule has 0 atom stereocenters. The molecule has 0 saturated heterocycles. The highest BCUT2D eigenvalue weighted by atomic mass is 19.1. The van der Waals surface area contributed by atoms with Crippen molar-refractivity contribution >= 4 is 21.9 Å². The molecule has 1 N–H and O–H groups in total. The summed E-state index contributed by atoms with van der Waals surface area (Å²) < 4.78 is 18.6. The van der Waals surface area contributed by atoms with E-state index in [1.54, 1.807) is 12.3 Å². The van der Waals surface area contributed by atoms with Crippen LogP contribution in [0.3, 0.4) is 0 Å². The van der Waals surface area contributed by atoms with E-state index in [4.69, 9.17) is 4.42 Å². The molecule has 0 aliphatic heterocycles. The highest BCUT2D eigenvalue weighted by molar-refractivity contribution is 5.97. The van der Waals surface area contributed by atoms with Gasteiger partial charge >= 0.3 is 0 Å². The minimum Gasteiger partial charge on any atom is -0.464 e. The van der Waals surface area contributed by atoms with Crippen LogP contribution in [0.2, 0.25) is 0 Å². The van der Waals surface area contributed by atoms with E-state index in [0.29, 0.717) is 0 Å². The molecule has 2 aromatic carbocycles. The fraction of sp³-hybridized carbons (Fsp3) is 0. The number of aromatic nitrogens is 1. The van der Waals surface area contributed by atoms with Crippen molar-refractivity contribution in [3.05, 3.63) is 60.7 Å². The fourth-order valence-corrected chi connectivity index (χ4v) is 2.46. The van der Waals surface area contributed by atoms with Gasteiger partial charge in [0.25, 0.3) is 0 Å². The Kier molecular flexibility index (Phi) is 2.03. The van der Waals surface area contributed by atoms with Gasteiger partial charge in [-0.25, -0.2) is 4.39 Å². The van der Waals surface area contributed by atoms with E-state index in [2.05, 4.69) is 4.98 Å². The predicted molar refractivity (Wildman–Crippen MR) is 73.5 cm³/mol. The molecule has 4 rings (SSSR count). The fourth-order valence-electron chi connectivity index (χ4n) is 2.46. The Morgan fingerprint density at radius 2 is 1.95 bits per heavy atom. The quantitative estimate of drug-likeness (QED) is 0.521. The van der Waals surface area contributed by atoms with Crippen LogP contribution >= 0.6 is 0 Å². The van der Waals surface area contributed by atoms with Gasteiger partial charge in [-0.1, -0.05) is 12.1 Å². The second-order valence-corrected chi connectivity index (χ2v) is 4.57. The van der Waals surface area contributed by atoms with Crippen molar-refractivity contribution in [2.75, 3.05) is 0 Å². The third kappa shape index (κ3) is 1.55. The first kappa shape index (κ1) is 10.4. The van der Waals surface area contributed by atoms with Crippen LogP contribution < -0.4 is 0 Å². The summed E-state index contributed by atoms with van der Waals surface area (Å²) in [5, 5.41) is 2.09. The Bertz CT molecular complexity index is 888. The summed E-state index contributed by atoms with van der Waals surface area (Å²) in [5.41, 5.74) is 3.76. The van der Waals surface area contributed by atoms with Gasteiger partial charge in [0.1, 0.15) is 11.4 Å². The zero-order valence-electron chi connectivity index (χ0n) is 9.98. The normalized spacial score (nSPS) is 11.4. The molecule has 0 aliphatic rings. The van der Waals surface area contributed by atoms with E-state index < -0.39 is 0 Å². The largest absolute Gasteiger partial charge is 0.464 e. The summed E-state index contributed by atoms with van der Waals surface area (Å²) in [4.78, 5) is 3.10. The lowest BCUT2D eigenvalue weighted by molar-refractivity contribution is 0.616. The first-order valence-electron chi connectivity index (χ1n) is 6.05. The standard InChI is InChI=1S/C16H10FNO/c17-12-3-4-13-14(9-18-15(13)8-12)11-2-1-10-5-6-19-16(10)7-11/h1-9,18H. The molecule has 2 heterocycles. The maximum atomic E-state index is 13.2. The summed E-state index contributed by atoms with van der Waals surface area (Å²) in [7, 11) is 0. The highest BCUT2D eigenvalue weighted by Gasteiger charge is 2.08. The Labute approximate surface area is 108 Å². The van der Waals surface area contributed by atoms with Gasteiger partial charge in [-0.15, -0.1) is 0 Å². The van der Waals surface area contributed by atoms with Crippen LogP contribution in [-0.4, -0.2) is 4.98 Å². The molecule has 92 valence electrons. The summed E-state index contributed by atoms with van der Waals surface area (Å²) in [6, 6.07) is 12.8. The number of H-pyrrole nitrogens is 1. The molecule has 0 radical (unpaired) electrons. The first-order chi connectivity index (χ1) is 9.31. The van der Waals surface area contributed by atoms with Crippen molar-refractivity contribution in [2.45, 2.75) is 0 Å². The summed E-state index contributed by atoms with van der Waals surface area (Å²) in [6.07, 6.45) is 3.58. The minimum atomic E-state index is -0.234. The van der Waals surface area contributed by atoms with Crippen molar-refractivity contribution in [1.29, 1.82) is 0 Å². The van der Waals surface area contributed by atoms with Gasteiger partial charge in [0.2, 0.25) is 0 Å². The number of nitrogens with one attached hydrogen (secondary N) is 1. The van der Waals surface area contributed by atoms with Crippen molar-refractivity contribution in [2.24, 2.45) is 0 Å². The predicted octanol–water partition coefficient (Wildman–Crippen LogP) is 4.72. The zero-order valence-corrected chi connectivity index (χ0v) is 9.98. The lowest BCUT2D eigenvalue weighted by Crippen LogP contribution is -1.76. The van der Waals surface area contributed by atoms with Crippen LogP contribution in [-0.2, 0) is 0 Å². The van der Waals surface area contributed by atoms with Gasteiger partial charge in [0.05, 0.1) is 6.26 Å². The lowest BCUT2D eigenvalue weighted by Gasteiger charge is -2.00. The molecular formula is C16H10FNO. The third-order valence-electron chi connectivity index (χ3n) is 3.41. The molecular weight excluding hydrogens is 241 g/mol. The monoisotopic (exact) mass is 251 g/mol. The summed E-state index contributed by atoms with van der Waals surface area (Å²) >= 11 is 0. The van der Waals surface area contributed by atoms with Crippen molar-refractivity contribution in [3.63, 3.8) is 0 Å². The van der Waals surface area contributed by atoms with Gasteiger partial charge in [0, 0.05) is 28.0 Å². The number of hydrogen-bond donors (Lipinski definition) is 1. The maximum Gasteiger partial charge on any atom is 0.134 e. The van der Waals surface area contributed by atoms with Crippen molar-refractivity contribution in [3.8, 4) is 11.1 Å².